The second-order valence-corrected chi connectivity index (χ2v) is 6.83. The molecule has 1 aliphatic heterocycles. The Morgan fingerprint density at radius 1 is 1.29 bits per heavy atom. The average molecular weight is 297 g/mol. The minimum atomic E-state index is -0.446. The average Bonchev–Trinajstić information content (AvgIpc) is 2.82. The molecule has 0 radical (unpaired) electrons. The van der Waals surface area contributed by atoms with Crippen LogP contribution in [0.25, 0.3) is 0 Å². The predicted molar refractivity (Wildman–Crippen MR) is 79.6 cm³/mol. The Morgan fingerprint density at radius 3 is 2.71 bits per heavy atom. The van der Waals surface area contributed by atoms with Crippen molar-refractivity contribution in [3.63, 3.8) is 0 Å². The maximum absolute atomic E-state index is 12.2. The van der Waals surface area contributed by atoms with Crippen LogP contribution in [-0.4, -0.2) is 42.9 Å². The molecule has 0 N–H and O–H groups in total. The van der Waals surface area contributed by atoms with Crippen LogP contribution >= 0.6 is 0 Å². The van der Waals surface area contributed by atoms with E-state index in [0.29, 0.717) is 31.0 Å². The first-order valence-corrected chi connectivity index (χ1v) is 7.79. The van der Waals surface area contributed by atoms with Crippen molar-refractivity contribution in [1.29, 1.82) is 0 Å². The Balaban J connectivity index is 1.92. The number of fused-ring (bicyclic) bond motifs is 1. The molecular formula is C16H27NO4. The Kier molecular flexibility index (Phi) is 5.27. The fraction of sp³-hybridized carbons (Fsp3) is 0.812. The molecule has 120 valence electrons. The molecule has 0 aromatic heterocycles. The second-order valence-electron chi connectivity index (χ2n) is 6.83. The Morgan fingerprint density at radius 2 is 2.05 bits per heavy atom. The van der Waals surface area contributed by atoms with Crippen LogP contribution in [0.15, 0.2) is 12.2 Å². The Labute approximate surface area is 127 Å². The summed E-state index contributed by atoms with van der Waals surface area (Å²) >= 11 is 0. The number of hydrogen-bond acceptors (Lipinski definition) is 4. The third-order valence-electron chi connectivity index (χ3n) is 3.97. The number of hydrogen-bond donors (Lipinski definition) is 0. The van der Waals surface area contributed by atoms with Gasteiger partial charge in [-0.25, -0.2) is 14.6 Å². The van der Waals surface area contributed by atoms with E-state index in [0.717, 1.165) is 19.5 Å². The van der Waals surface area contributed by atoms with Crippen LogP contribution in [-0.2, 0) is 14.5 Å². The first kappa shape index (κ1) is 16.3. The van der Waals surface area contributed by atoms with Crippen LogP contribution < -0.4 is 0 Å². The van der Waals surface area contributed by atoms with Gasteiger partial charge < -0.3 is 9.64 Å². The van der Waals surface area contributed by atoms with E-state index in [1.54, 1.807) is 0 Å². The quantitative estimate of drug-likeness (QED) is 0.346. The van der Waals surface area contributed by atoms with Crippen molar-refractivity contribution >= 4 is 6.09 Å². The van der Waals surface area contributed by atoms with Crippen LogP contribution in [0, 0.1) is 17.8 Å². The van der Waals surface area contributed by atoms with Gasteiger partial charge in [0.15, 0.2) is 0 Å². The normalized spacial score (nSPS) is 28.6. The highest BCUT2D eigenvalue weighted by Gasteiger charge is 2.41. The molecule has 5 heteroatoms. The molecule has 3 atom stereocenters. The highest BCUT2D eigenvalue weighted by atomic mass is 17.2. The lowest BCUT2D eigenvalue weighted by molar-refractivity contribution is -0.300. The summed E-state index contributed by atoms with van der Waals surface area (Å²) in [6, 6.07) is 0. The second kappa shape index (κ2) is 6.79. The van der Waals surface area contributed by atoms with Gasteiger partial charge in [0.25, 0.3) is 0 Å². The van der Waals surface area contributed by atoms with E-state index >= 15 is 0 Å². The van der Waals surface area contributed by atoms with Gasteiger partial charge in [-0.1, -0.05) is 12.2 Å². The summed E-state index contributed by atoms with van der Waals surface area (Å²) < 4.78 is 5.47. The van der Waals surface area contributed by atoms with Crippen molar-refractivity contribution in [1.82, 2.24) is 4.90 Å². The van der Waals surface area contributed by atoms with Crippen molar-refractivity contribution < 1.29 is 19.3 Å². The van der Waals surface area contributed by atoms with Gasteiger partial charge in [0.05, 0.1) is 13.2 Å². The summed E-state index contributed by atoms with van der Waals surface area (Å²) in [6.07, 6.45) is 5.19. The van der Waals surface area contributed by atoms with E-state index in [9.17, 15) is 4.79 Å². The molecule has 1 saturated heterocycles. The molecule has 1 heterocycles. The molecule has 3 unspecified atom stereocenters. The number of ether oxygens (including phenoxy) is 1. The van der Waals surface area contributed by atoms with Gasteiger partial charge in [-0.2, -0.15) is 0 Å². The summed E-state index contributed by atoms with van der Waals surface area (Å²) in [4.78, 5) is 24.3. The van der Waals surface area contributed by atoms with E-state index < -0.39 is 5.60 Å². The molecule has 2 rings (SSSR count). The van der Waals surface area contributed by atoms with E-state index in [-0.39, 0.29) is 6.09 Å². The molecule has 0 spiro atoms. The monoisotopic (exact) mass is 297 g/mol. The van der Waals surface area contributed by atoms with Crippen molar-refractivity contribution in [3.8, 4) is 0 Å². The molecule has 0 aromatic carbocycles. The molecule has 2 aliphatic rings. The summed E-state index contributed by atoms with van der Waals surface area (Å²) in [5.74, 6) is 1.24. The zero-order chi connectivity index (χ0) is 15.5. The summed E-state index contributed by atoms with van der Waals surface area (Å²) in [7, 11) is 0. The summed E-state index contributed by atoms with van der Waals surface area (Å²) in [5, 5.41) is 0. The van der Waals surface area contributed by atoms with Gasteiger partial charge >= 0.3 is 6.09 Å². The number of carbonyl (C=O) groups is 1. The largest absolute Gasteiger partial charge is 0.444 e. The van der Waals surface area contributed by atoms with E-state index in [1.807, 2.05) is 32.6 Å². The molecule has 0 aromatic rings. The predicted octanol–water partition coefficient (Wildman–Crippen LogP) is 3.01. The third kappa shape index (κ3) is 4.45. The number of carbonyl (C=O) groups excluding carboxylic acids is 1. The van der Waals surface area contributed by atoms with Crippen LogP contribution in [0.3, 0.4) is 0 Å². The fourth-order valence-corrected chi connectivity index (χ4v) is 3.05. The molecule has 0 bridgehead atoms. The van der Waals surface area contributed by atoms with Gasteiger partial charge in [0.2, 0.25) is 0 Å². The maximum Gasteiger partial charge on any atom is 0.410 e. The molecule has 1 fully saturated rings. The van der Waals surface area contributed by atoms with Crippen molar-refractivity contribution in [2.24, 2.45) is 17.8 Å². The smallest absolute Gasteiger partial charge is 0.410 e. The number of likely N-dealkylation sites (tertiary alicyclic amines) is 1. The zero-order valence-electron chi connectivity index (χ0n) is 13.5. The van der Waals surface area contributed by atoms with Gasteiger partial charge in [-0.3, -0.25) is 0 Å². The molecule has 5 nitrogen and oxygen atoms in total. The zero-order valence-corrected chi connectivity index (χ0v) is 13.5. The summed E-state index contributed by atoms with van der Waals surface area (Å²) in [6.45, 7) is 10.2. The molecule has 21 heavy (non-hydrogen) atoms. The fourth-order valence-electron chi connectivity index (χ4n) is 3.05. The minimum absolute atomic E-state index is 0.213. The van der Waals surface area contributed by atoms with Crippen molar-refractivity contribution in [3.05, 3.63) is 12.2 Å². The lowest BCUT2D eigenvalue weighted by Gasteiger charge is -2.28. The standard InChI is InChI=1S/C16H27NO4/c1-5-19-20-11-13-8-6-7-12-9-17(10-14(12)13)15(18)21-16(2,3)4/h6-7,12-14H,5,8-11H2,1-4H3. The lowest BCUT2D eigenvalue weighted by Crippen LogP contribution is -2.36. The maximum atomic E-state index is 12.2. The highest BCUT2D eigenvalue weighted by molar-refractivity contribution is 5.68. The van der Waals surface area contributed by atoms with E-state index in [2.05, 4.69) is 12.2 Å². The Hall–Kier alpha value is -1.07. The summed E-state index contributed by atoms with van der Waals surface area (Å²) in [5.41, 5.74) is -0.446. The third-order valence-corrected chi connectivity index (χ3v) is 3.97. The first-order chi connectivity index (χ1) is 9.90. The highest BCUT2D eigenvalue weighted by Crippen LogP contribution is 2.37. The van der Waals surface area contributed by atoms with Crippen LogP contribution in [0.2, 0.25) is 0 Å². The van der Waals surface area contributed by atoms with Gasteiger partial charge in [-0.05, 0) is 51.9 Å². The van der Waals surface area contributed by atoms with Crippen LogP contribution in [0.5, 0.6) is 0 Å². The van der Waals surface area contributed by atoms with Crippen molar-refractivity contribution in [2.45, 2.75) is 39.7 Å². The lowest BCUT2D eigenvalue weighted by atomic mass is 9.78. The van der Waals surface area contributed by atoms with Crippen molar-refractivity contribution in [2.75, 3.05) is 26.3 Å². The first-order valence-electron chi connectivity index (χ1n) is 7.79. The van der Waals surface area contributed by atoms with Gasteiger partial charge in [0, 0.05) is 13.1 Å². The van der Waals surface area contributed by atoms with Crippen LogP contribution in [0.4, 0.5) is 4.79 Å². The van der Waals surface area contributed by atoms with Crippen LogP contribution in [0.1, 0.15) is 34.1 Å². The molecule has 1 amide bonds. The SMILES string of the molecule is CCOOCC1CC=CC2CN(C(=O)OC(C)(C)C)CC21. The van der Waals surface area contributed by atoms with E-state index in [1.165, 1.54) is 0 Å². The van der Waals surface area contributed by atoms with Gasteiger partial charge in [-0.15, -0.1) is 0 Å². The molecule has 1 aliphatic carbocycles. The number of nitrogens with zero attached hydrogens (tertiary/aromatic N) is 1. The molecular weight excluding hydrogens is 270 g/mol. The van der Waals surface area contributed by atoms with Gasteiger partial charge in [0.1, 0.15) is 5.60 Å². The number of allylic oxidation sites excluding steroid dienone is 1. The van der Waals surface area contributed by atoms with E-state index in [4.69, 9.17) is 14.5 Å². The topological polar surface area (TPSA) is 48.0 Å². The molecule has 0 saturated carbocycles. The minimum Gasteiger partial charge on any atom is -0.444 e. The number of rotatable bonds is 4. The Bertz CT molecular complexity index is 388. The number of amides is 1.